The van der Waals surface area contributed by atoms with E-state index in [2.05, 4.69) is 4.98 Å². The van der Waals surface area contributed by atoms with Crippen molar-refractivity contribution >= 4 is 27.0 Å². The quantitative estimate of drug-likeness (QED) is 0.606. The maximum Gasteiger partial charge on any atom is 0.309 e. The van der Waals surface area contributed by atoms with Crippen molar-refractivity contribution in [3.05, 3.63) is 59.7 Å². The molecule has 0 fully saturated rings. The van der Waals surface area contributed by atoms with Crippen LogP contribution in [0.2, 0.25) is 0 Å². The van der Waals surface area contributed by atoms with E-state index in [0.717, 1.165) is 28.5 Å². The molecule has 1 aromatic carbocycles. The molecule has 0 bridgehead atoms. The van der Waals surface area contributed by atoms with Gasteiger partial charge in [-0.25, -0.2) is 13.4 Å². The molecule has 5 nitrogen and oxygen atoms in total. The van der Waals surface area contributed by atoms with Gasteiger partial charge in [0.1, 0.15) is 0 Å². The van der Waals surface area contributed by atoms with Gasteiger partial charge in [-0.3, -0.25) is 4.79 Å². The fourth-order valence-corrected chi connectivity index (χ4v) is 3.82. The number of rotatable bonds is 4. The minimum Gasteiger partial charge on any atom is -0.469 e. The summed E-state index contributed by atoms with van der Waals surface area (Å²) in [6.07, 6.45) is 3.52. The monoisotopic (exact) mass is 375 g/mol. The molecule has 2 aromatic rings. The summed E-state index contributed by atoms with van der Waals surface area (Å²) in [5.41, 5.74) is 3.36. The lowest BCUT2D eigenvalue weighted by atomic mass is 9.98. The lowest BCUT2D eigenvalue weighted by molar-refractivity contribution is -0.144. The molecule has 1 heterocycles. The summed E-state index contributed by atoms with van der Waals surface area (Å²) >= 11 is 0. The Morgan fingerprint density at radius 3 is 2.15 bits per heavy atom. The van der Waals surface area contributed by atoms with Crippen LogP contribution in [-0.4, -0.2) is 32.7 Å². The van der Waals surface area contributed by atoms with E-state index in [1.165, 1.54) is 19.4 Å². The lowest BCUT2D eigenvalue weighted by Gasteiger charge is -2.09. The molecule has 0 aliphatic heterocycles. The van der Waals surface area contributed by atoms with Gasteiger partial charge in [-0.1, -0.05) is 12.1 Å². The van der Waals surface area contributed by atoms with Gasteiger partial charge in [0.05, 0.1) is 17.9 Å². The topological polar surface area (TPSA) is 73.3 Å². The highest BCUT2D eigenvalue weighted by Gasteiger charge is 2.31. The van der Waals surface area contributed by atoms with Crippen LogP contribution >= 0.6 is 0 Å². The van der Waals surface area contributed by atoms with Gasteiger partial charge in [-0.05, 0) is 59.4 Å². The van der Waals surface area contributed by atoms with Crippen LogP contribution in [-0.2, 0) is 19.4 Å². The smallest absolute Gasteiger partial charge is 0.309 e. The molecule has 1 aromatic heterocycles. The van der Waals surface area contributed by atoms with E-state index in [1.54, 1.807) is 30.3 Å². The number of esters is 1. The Morgan fingerprint density at radius 1 is 1.08 bits per heavy atom. The Balaban J connectivity index is 2.04. The zero-order valence-electron chi connectivity index (χ0n) is 14.4. The number of allylic oxidation sites excluding steroid dienone is 2. The van der Waals surface area contributed by atoms with E-state index in [-0.39, 0.29) is 16.8 Å². The fourth-order valence-electron chi connectivity index (χ4n) is 3.19. The van der Waals surface area contributed by atoms with Crippen LogP contribution < -0.4 is 0 Å². The van der Waals surface area contributed by atoms with E-state index in [9.17, 15) is 17.6 Å². The summed E-state index contributed by atoms with van der Waals surface area (Å²) in [5, 5.41) is 0. The van der Waals surface area contributed by atoms with Crippen molar-refractivity contribution in [1.82, 2.24) is 4.98 Å². The van der Waals surface area contributed by atoms with Gasteiger partial charge in [-0.15, -0.1) is 0 Å². The molecule has 0 saturated heterocycles. The molecular formula is C19H18FNO4S. The Bertz CT molecular complexity index is 964. The Kier molecular flexibility index (Phi) is 4.91. The minimum absolute atomic E-state index is 0.231. The van der Waals surface area contributed by atoms with Crippen LogP contribution in [0.15, 0.2) is 47.5 Å². The highest BCUT2D eigenvalue weighted by atomic mass is 32.2. The second-order valence-corrected chi connectivity index (χ2v) is 8.27. The van der Waals surface area contributed by atoms with E-state index in [0.29, 0.717) is 12.8 Å². The minimum atomic E-state index is -3.28. The first kappa shape index (κ1) is 18.3. The Labute approximate surface area is 151 Å². The van der Waals surface area contributed by atoms with Gasteiger partial charge in [-0.2, -0.15) is 4.39 Å². The number of pyridine rings is 1. The number of carbonyl (C=O) groups is 1. The number of ether oxygens (including phenoxy) is 1. The second-order valence-electron chi connectivity index (χ2n) is 6.25. The van der Waals surface area contributed by atoms with E-state index < -0.39 is 15.8 Å². The predicted octanol–water partition coefficient (Wildman–Crippen LogP) is 3.12. The number of hydrogen-bond acceptors (Lipinski definition) is 5. The van der Waals surface area contributed by atoms with Gasteiger partial charge >= 0.3 is 5.97 Å². The fraction of sp³-hybridized carbons (Fsp3) is 0.263. The number of hydrogen-bond donors (Lipinski definition) is 0. The van der Waals surface area contributed by atoms with Gasteiger partial charge in [0.2, 0.25) is 5.95 Å². The molecule has 1 aliphatic rings. The van der Waals surface area contributed by atoms with Crippen molar-refractivity contribution < 1.29 is 22.3 Å². The summed E-state index contributed by atoms with van der Waals surface area (Å²) in [7, 11) is -1.94. The van der Waals surface area contributed by atoms with Crippen molar-refractivity contribution in [1.29, 1.82) is 0 Å². The van der Waals surface area contributed by atoms with Crippen molar-refractivity contribution in [3.63, 3.8) is 0 Å². The van der Waals surface area contributed by atoms with Crippen LogP contribution in [0.5, 0.6) is 0 Å². The van der Waals surface area contributed by atoms with Crippen molar-refractivity contribution in [3.8, 4) is 0 Å². The van der Waals surface area contributed by atoms with Gasteiger partial charge in [0, 0.05) is 12.5 Å². The Morgan fingerprint density at radius 2 is 1.65 bits per heavy atom. The average Bonchev–Trinajstić information content (AvgIpc) is 3.06. The van der Waals surface area contributed by atoms with E-state index in [4.69, 9.17) is 4.74 Å². The zero-order valence-corrected chi connectivity index (χ0v) is 15.2. The van der Waals surface area contributed by atoms with Crippen molar-refractivity contribution in [2.24, 2.45) is 5.92 Å². The third-order valence-electron chi connectivity index (χ3n) is 4.51. The van der Waals surface area contributed by atoms with Crippen LogP contribution in [0, 0.1) is 11.9 Å². The molecule has 136 valence electrons. The number of halogens is 1. The summed E-state index contributed by atoms with van der Waals surface area (Å²) in [4.78, 5) is 15.9. The van der Waals surface area contributed by atoms with E-state index >= 15 is 0 Å². The highest BCUT2D eigenvalue weighted by molar-refractivity contribution is 7.90. The molecule has 0 radical (unpaired) electrons. The molecule has 0 saturated carbocycles. The van der Waals surface area contributed by atoms with Crippen LogP contribution in [0.1, 0.15) is 24.0 Å². The SMILES string of the molecule is COC(=O)C1CC(c2ccc(S(C)(=O)=O)cc2)=C(c2ccc(F)nc2)C1. The third kappa shape index (κ3) is 3.67. The number of nitrogens with zero attached hydrogens (tertiary/aromatic N) is 1. The van der Waals surface area contributed by atoms with Gasteiger partial charge in [0.25, 0.3) is 0 Å². The van der Waals surface area contributed by atoms with E-state index in [1.807, 2.05) is 0 Å². The molecule has 0 N–H and O–H groups in total. The first-order chi connectivity index (χ1) is 12.3. The molecule has 0 amide bonds. The molecule has 26 heavy (non-hydrogen) atoms. The predicted molar refractivity (Wildman–Crippen MR) is 95.3 cm³/mol. The number of carbonyl (C=O) groups excluding carboxylic acids is 1. The van der Waals surface area contributed by atoms with Crippen LogP contribution in [0.4, 0.5) is 4.39 Å². The summed E-state index contributed by atoms with van der Waals surface area (Å²) in [6.45, 7) is 0. The number of aromatic nitrogens is 1. The third-order valence-corrected chi connectivity index (χ3v) is 5.64. The average molecular weight is 375 g/mol. The molecule has 1 unspecified atom stereocenters. The van der Waals surface area contributed by atoms with Crippen LogP contribution in [0.3, 0.4) is 0 Å². The maximum absolute atomic E-state index is 13.2. The van der Waals surface area contributed by atoms with Crippen molar-refractivity contribution in [2.45, 2.75) is 17.7 Å². The normalized spacial score (nSPS) is 17.4. The first-order valence-corrected chi connectivity index (χ1v) is 9.91. The Hall–Kier alpha value is -2.54. The lowest BCUT2D eigenvalue weighted by Crippen LogP contribution is -2.13. The number of sulfone groups is 1. The largest absolute Gasteiger partial charge is 0.469 e. The highest BCUT2D eigenvalue weighted by Crippen LogP contribution is 2.43. The molecule has 3 rings (SSSR count). The molecule has 1 atom stereocenters. The maximum atomic E-state index is 13.2. The van der Waals surface area contributed by atoms with Crippen molar-refractivity contribution in [2.75, 3.05) is 13.4 Å². The molecule has 0 spiro atoms. The number of benzene rings is 1. The molecule has 7 heteroatoms. The number of methoxy groups -OCH3 is 1. The molecular weight excluding hydrogens is 357 g/mol. The zero-order chi connectivity index (χ0) is 18.9. The summed E-state index contributed by atoms with van der Waals surface area (Å²) in [6, 6.07) is 9.44. The van der Waals surface area contributed by atoms with Gasteiger partial charge < -0.3 is 4.74 Å². The summed E-state index contributed by atoms with van der Waals surface area (Å²) < 4.78 is 41.3. The standard InChI is InChI=1S/C19H18FNO4S/c1-25-19(22)14-9-16(12-3-6-15(7-4-12)26(2,23)24)17(10-14)13-5-8-18(20)21-11-13/h3-8,11,14H,9-10H2,1-2H3. The first-order valence-electron chi connectivity index (χ1n) is 8.02. The summed E-state index contributed by atoms with van der Waals surface area (Å²) in [5.74, 6) is -1.21. The van der Waals surface area contributed by atoms with Crippen LogP contribution in [0.25, 0.3) is 11.1 Å². The second kappa shape index (κ2) is 6.99. The van der Waals surface area contributed by atoms with Gasteiger partial charge in [0.15, 0.2) is 9.84 Å². The molecule has 1 aliphatic carbocycles.